The van der Waals surface area contributed by atoms with E-state index in [1.54, 1.807) is 7.11 Å². The summed E-state index contributed by atoms with van der Waals surface area (Å²) in [6, 6.07) is 17.1. The Labute approximate surface area is 124 Å². The molecule has 20 heavy (non-hydrogen) atoms. The van der Waals surface area contributed by atoms with Crippen molar-refractivity contribution in [1.29, 1.82) is 0 Å². The number of hydrogen-bond donors (Lipinski definition) is 1. The minimum absolute atomic E-state index is 0.555. The number of hydrogen-bond acceptors (Lipinski definition) is 2. The summed E-state index contributed by atoms with van der Waals surface area (Å²) in [7, 11) is 1.64. The first-order chi connectivity index (χ1) is 9.79. The number of ether oxygens (including phenoxy) is 1. The van der Waals surface area contributed by atoms with Gasteiger partial charge in [0.05, 0.1) is 12.1 Å². The van der Waals surface area contributed by atoms with Gasteiger partial charge in [-0.05, 0) is 23.6 Å². The first kappa shape index (κ1) is 13.5. The molecule has 0 aliphatic heterocycles. The molecule has 1 unspecified atom stereocenters. The highest BCUT2D eigenvalue weighted by atomic mass is 35.5. The van der Waals surface area contributed by atoms with E-state index < -0.39 is 0 Å². The van der Waals surface area contributed by atoms with Crippen molar-refractivity contribution in [2.24, 2.45) is 0 Å². The summed E-state index contributed by atoms with van der Waals surface area (Å²) in [5, 5.41) is 4.28. The fraction of sp³-hybridized carbons (Fsp3) is 0.294. The van der Waals surface area contributed by atoms with Crippen LogP contribution in [0.2, 0.25) is 5.02 Å². The van der Waals surface area contributed by atoms with Crippen LogP contribution in [-0.2, 0) is 6.54 Å². The van der Waals surface area contributed by atoms with Gasteiger partial charge in [0.2, 0.25) is 0 Å². The van der Waals surface area contributed by atoms with Gasteiger partial charge in [-0.2, -0.15) is 0 Å². The van der Waals surface area contributed by atoms with Crippen LogP contribution in [0.3, 0.4) is 0 Å². The zero-order valence-electron chi connectivity index (χ0n) is 11.5. The van der Waals surface area contributed by atoms with Crippen LogP contribution in [0.25, 0.3) is 0 Å². The quantitative estimate of drug-likeness (QED) is 0.898. The molecule has 0 heterocycles. The van der Waals surface area contributed by atoms with Gasteiger partial charge in [0.15, 0.2) is 0 Å². The molecule has 0 spiro atoms. The van der Waals surface area contributed by atoms with Crippen LogP contribution in [0.15, 0.2) is 48.5 Å². The predicted molar refractivity (Wildman–Crippen MR) is 82.4 cm³/mol. The topological polar surface area (TPSA) is 21.3 Å². The van der Waals surface area contributed by atoms with Crippen molar-refractivity contribution in [3.63, 3.8) is 0 Å². The Morgan fingerprint density at radius 2 is 1.95 bits per heavy atom. The lowest BCUT2D eigenvalue weighted by atomic mass is 10.1. The van der Waals surface area contributed by atoms with E-state index >= 15 is 0 Å². The molecular weight excluding hydrogens is 270 g/mol. The van der Waals surface area contributed by atoms with E-state index in [0.29, 0.717) is 17.0 Å². The van der Waals surface area contributed by atoms with Gasteiger partial charge in [0.25, 0.3) is 0 Å². The second-order valence-corrected chi connectivity index (χ2v) is 5.55. The zero-order chi connectivity index (χ0) is 13.9. The first-order valence-corrected chi connectivity index (χ1v) is 7.27. The van der Waals surface area contributed by atoms with E-state index in [2.05, 4.69) is 35.6 Å². The van der Waals surface area contributed by atoms with Gasteiger partial charge < -0.3 is 10.1 Å². The standard InChI is InChI=1S/C17H18ClNO/c1-20-16-9-5-8-13(17(16)18)11-19-15-10-14(15)12-6-3-2-4-7-12/h2-9,14-15,19H,10-11H2,1H3/t14?,15-/m0/s1. The highest BCUT2D eigenvalue weighted by Crippen LogP contribution is 2.41. The summed E-state index contributed by atoms with van der Waals surface area (Å²) in [5.74, 6) is 1.38. The van der Waals surface area contributed by atoms with Crippen LogP contribution in [0.5, 0.6) is 5.75 Å². The monoisotopic (exact) mass is 287 g/mol. The minimum Gasteiger partial charge on any atom is -0.495 e. The fourth-order valence-corrected chi connectivity index (χ4v) is 2.85. The molecule has 0 radical (unpaired) electrons. The Kier molecular flexibility index (Phi) is 3.95. The summed E-state index contributed by atoms with van der Waals surface area (Å²) in [6.07, 6.45) is 1.20. The molecule has 0 saturated heterocycles. The molecule has 2 aromatic carbocycles. The van der Waals surface area contributed by atoms with Crippen LogP contribution >= 0.6 is 11.6 Å². The van der Waals surface area contributed by atoms with Crippen molar-refractivity contribution < 1.29 is 4.74 Å². The predicted octanol–water partition coefficient (Wildman–Crippen LogP) is 3.99. The van der Waals surface area contributed by atoms with Crippen molar-refractivity contribution in [3.8, 4) is 5.75 Å². The molecule has 2 atom stereocenters. The Hall–Kier alpha value is -1.51. The average Bonchev–Trinajstić information content (AvgIpc) is 3.27. The largest absolute Gasteiger partial charge is 0.495 e. The molecular formula is C17H18ClNO. The Morgan fingerprint density at radius 3 is 2.70 bits per heavy atom. The summed E-state index contributed by atoms with van der Waals surface area (Å²) in [6.45, 7) is 0.782. The molecule has 0 bridgehead atoms. The van der Waals surface area contributed by atoms with E-state index in [1.165, 1.54) is 12.0 Å². The van der Waals surface area contributed by atoms with Crippen molar-refractivity contribution in [2.75, 3.05) is 7.11 Å². The van der Waals surface area contributed by atoms with Crippen molar-refractivity contribution in [1.82, 2.24) is 5.32 Å². The molecule has 3 rings (SSSR count). The highest BCUT2D eigenvalue weighted by molar-refractivity contribution is 6.32. The number of benzene rings is 2. The summed E-state index contributed by atoms with van der Waals surface area (Å²) in [5.41, 5.74) is 2.51. The number of rotatable bonds is 5. The SMILES string of the molecule is COc1cccc(CN[C@H]2CC2c2ccccc2)c1Cl. The normalized spacial score (nSPS) is 20.7. The van der Waals surface area contributed by atoms with Crippen LogP contribution in [0.4, 0.5) is 0 Å². The lowest BCUT2D eigenvalue weighted by Crippen LogP contribution is -2.17. The molecule has 1 aliphatic rings. The molecule has 104 valence electrons. The van der Waals surface area contributed by atoms with Crippen LogP contribution in [0, 0.1) is 0 Å². The Morgan fingerprint density at radius 1 is 1.15 bits per heavy atom. The zero-order valence-corrected chi connectivity index (χ0v) is 12.2. The highest BCUT2D eigenvalue weighted by Gasteiger charge is 2.37. The van der Waals surface area contributed by atoms with E-state index in [-0.39, 0.29) is 0 Å². The third-order valence-electron chi connectivity index (χ3n) is 3.84. The maximum atomic E-state index is 6.30. The fourth-order valence-electron chi connectivity index (χ4n) is 2.58. The van der Waals surface area contributed by atoms with Crippen molar-refractivity contribution in [2.45, 2.75) is 24.9 Å². The lowest BCUT2D eigenvalue weighted by Gasteiger charge is -2.09. The summed E-state index contributed by atoms with van der Waals surface area (Å²) >= 11 is 6.30. The third kappa shape index (κ3) is 2.82. The lowest BCUT2D eigenvalue weighted by molar-refractivity contribution is 0.414. The smallest absolute Gasteiger partial charge is 0.137 e. The Bertz CT molecular complexity index is 585. The average molecular weight is 288 g/mol. The Balaban J connectivity index is 1.59. The molecule has 0 aromatic heterocycles. The second-order valence-electron chi connectivity index (χ2n) is 5.17. The molecule has 1 saturated carbocycles. The van der Waals surface area contributed by atoms with Crippen molar-refractivity contribution in [3.05, 3.63) is 64.7 Å². The van der Waals surface area contributed by atoms with Gasteiger partial charge in [-0.1, -0.05) is 54.1 Å². The van der Waals surface area contributed by atoms with Crippen LogP contribution < -0.4 is 10.1 Å². The maximum Gasteiger partial charge on any atom is 0.137 e. The van der Waals surface area contributed by atoms with Gasteiger partial charge in [0.1, 0.15) is 5.75 Å². The van der Waals surface area contributed by atoms with Gasteiger partial charge in [-0.25, -0.2) is 0 Å². The van der Waals surface area contributed by atoms with Gasteiger partial charge in [-0.3, -0.25) is 0 Å². The summed E-state index contributed by atoms with van der Waals surface area (Å²) < 4.78 is 5.24. The van der Waals surface area contributed by atoms with E-state index in [9.17, 15) is 0 Å². The third-order valence-corrected chi connectivity index (χ3v) is 4.27. The van der Waals surface area contributed by atoms with Crippen LogP contribution in [-0.4, -0.2) is 13.2 Å². The van der Waals surface area contributed by atoms with E-state index in [1.807, 2.05) is 18.2 Å². The molecule has 3 heteroatoms. The molecule has 2 nitrogen and oxygen atoms in total. The minimum atomic E-state index is 0.555. The number of halogens is 1. The second kappa shape index (κ2) is 5.86. The van der Waals surface area contributed by atoms with E-state index in [0.717, 1.165) is 17.9 Å². The number of methoxy groups -OCH3 is 1. The molecule has 1 N–H and O–H groups in total. The molecule has 1 aliphatic carbocycles. The molecule has 2 aromatic rings. The van der Waals surface area contributed by atoms with Crippen LogP contribution in [0.1, 0.15) is 23.5 Å². The van der Waals surface area contributed by atoms with Gasteiger partial charge in [0, 0.05) is 18.5 Å². The number of nitrogens with one attached hydrogen (secondary N) is 1. The van der Waals surface area contributed by atoms with Crippen molar-refractivity contribution >= 4 is 11.6 Å². The first-order valence-electron chi connectivity index (χ1n) is 6.89. The van der Waals surface area contributed by atoms with Gasteiger partial charge >= 0.3 is 0 Å². The molecule has 0 amide bonds. The van der Waals surface area contributed by atoms with Gasteiger partial charge in [-0.15, -0.1) is 0 Å². The summed E-state index contributed by atoms with van der Waals surface area (Å²) in [4.78, 5) is 0. The maximum absolute atomic E-state index is 6.30. The van der Waals surface area contributed by atoms with E-state index in [4.69, 9.17) is 16.3 Å². The molecule has 1 fully saturated rings.